The lowest BCUT2D eigenvalue weighted by Crippen LogP contribution is -2.11. The van der Waals surface area contributed by atoms with E-state index >= 15 is 0 Å². The number of carbonyl (C=O) groups excluding carboxylic acids is 2. The zero-order chi connectivity index (χ0) is 22.1. The molecule has 0 radical (unpaired) electrons. The minimum absolute atomic E-state index is 0.116. The van der Waals surface area contributed by atoms with Crippen molar-refractivity contribution >= 4 is 22.9 Å². The van der Waals surface area contributed by atoms with E-state index in [9.17, 15) is 9.59 Å². The van der Waals surface area contributed by atoms with E-state index in [1.54, 1.807) is 19.1 Å². The van der Waals surface area contributed by atoms with E-state index in [0.29, 0.717) is 22.3 Å². The summed E-state index contributed by atoms with van der Waals surface area (Å²) in [4.78, 5) is 29.3. The van der Waals surface area contributed by atoms with Crippen molar-refractivity contribution in [3.63, 3.8) is 0 Å². The fourth-order valence-electron chi connectivity index (χ4n) is 3.25. The van der Waals surface area contributed by atoms with Gasteiger partial charge in [-0.3, -0.25) is 4.79 Å². The predicted octanol–water partition coefficient (Wildman–Crippen LogP) is 4.94. The molecule has 2 aromatic carbocycles. The Morgan fingerprint density at radius 3 is 2.39 bits per heavy atom. The number of pyridine rings is 1. The number of Topliss-reactive ketones (excluding diaryl/α,β-unsaturated/α-hetero) is 1. The van der Waals surface area contributed by atoms with Crippen LogP contribution in [-0.4, -0.2) is 29.0 Å². The molecule has 0 bridgehead atoms. The lowest BCUT2D eigenvalue weighted by atomic mass is 10.0. The van der Waals surface area contributed by atoms with Gasteiger partial charge in [-0.1, -0.05) is 35.0 Å². The second-order valence-electron chi connectivity index (χ2n) is 7.18. The minimum Gasteiger partial charge on any atom is -0.493 e. The number of aryl methyl sites for hydroxylation is 2. The Morgan fingerprint density at radius 1 is 0.968 bits per heavy atom. The van der Waals surface area contributed by atoms with Gasteiger partial charge in [-0.15, -0.1) is 0 Å². The van der Waals surface area contributed by atoms with Crippen molar-refractivity contribution in [1.82, 2.24) is 10.1 Å². The Bertz CT molecular complexity index is 1310. The van der Waals surface area contributed by atoms with Crippen molar-refractivity contribution in [2.75, 3.05) is 7.11 Å². The van der Waals surface area contributed by atoms with Gasteiger partial charge in [0.1, 0.15) is 0 Å². The van der Waals surface area contributed by atoms with Gasteiger partial charge in [0.05, 0.1) is 29.4 Å². The topological polar surface area (TPSA) is 91.5 Å². The van der Waals surface area contributed by atoms with E-state index in [4.69, 9.17) is 14.0 Å². The van der Waals surface area contributed by atoms with Crippen LogP contribution in [0.25, 0.3) is 22.4 Å². The van der Waals surface area contributed by atoms with Gasteiger partial charge in [0.25, 0.3) is 5.71 Å². The molecule has 2 aromatic heterocycles. The molecular weight excluding hydrogens is 396 g/mol. The number of ketones is 1. The van der Waals surface area contributed by atoms with E-state index in [0.717, 1.165) is 11.1 Å². The molecule has 0 aliphatic rings. The SMILES string of the molecule is COc1cc(C(C)=O)ccc1OC(=O)c1cc(-c2ccc(C)cc2)nc2onc(C)c12. The average molecular weight is 416 g/mol. The summed E-state index contributed by atoms with van der Waals surface area (Å²) in [6.07, 6.45) is 0. The van der Waals surface area contributed by atoms with Gasteiger partial charge in [-0.05, 0) is 45.0 Å². The molecule has 0 spiro atoms. The molecule has 0 atom stereocenters. The van der Waals surface area contributed by atoms with Gasteiger partial charge in [0.2, 0.25) is 0 Å². The smallest absolute Gasteiger partial charge is 0.344 e. The number of esters is 1. The van der Waals surface area contributed by atoms with Crippen LogP contribution in [-0.2, 0) is 0 Å². The molecule has 31 heavy (non-hydrogen) atoms. The van der Waals surface area contributed by atoms with Crippen molar-refractivity contribution in [2.45, 2.75) is 20.8 Å². The van der Waals surface area contributed by atoms with Gasteiger partial charge in [0.15, 0.2) is 17.3 Å². The average Bonchev–Trinajstić information content (AvgIpc) is 3.14. The fourth-order valence-corrected chi connectivity index (χ4v) is 3.25. The standard InChI is InChI=1S/C24H20N2O5/c1-13-5-7-16(8-6-13)19-12-18(22-14(2)26-31-23(22)25-19)24(28)30-20-10-9-17(15(3)27)11-21(20)29-4/h5-12H,1-4H3. The highest BCUT2D eigenvalue weighted by molar-refractivity contribution is 6.05. The van der Waals surface area contributed by atoms with E-state index in [2.05, 4.69) is 10.1 Å². The van der Waals surface area contributed by atoms with E-state index in [1.807, 2.05) is 31.2 Å². The highest BCUT2D eigenvalue weighted by atomic mass is 16.6. The third kappa shape index (κ3) is 3.90. The number of rotatable bonds is 5. The number of carbonyl (C=O) groups is 2. The summed E-state index contributed by atoms with van der Waals surface area (Å²) in [7, 11) is 1.45. The Balaban J connectivity index is 1.78. The van der Waals surface area contributed by atoms with Gasteiger partial charge in [0, 0.05) is 11.1 Å². The number of fused-ring (bicyclic) bond motifs is 1. The quantitative estimate of drug-likeness (QED) is 0.259. The third-order valence-electron chi connectivity index (χ3n) is 4.96. The highest BCUT2D eigenvalue weighted by Crippen LogP contribution is 2.32. The minimum atomic E-state index is -0.610. The Labute approximate surface area is 178 Å². The summed E-state index contributed by atoms with van der Waals surface area (Å²) in [5.74, 6) is -0.239. The third-order valence-corrected chi connectivity index (χ3v) is 4.96. The molecule has 4 rings (SSSR count). The van der Waals surface area contributed by atoms with Crippen molar-refractivity contribution in [1.29, 1.82) is 0 Å². The lowest BCUT2D eigenvalue weighted by Gasteiger charge is -2.11. The molecule has 4 aromatic rings. The van der Waals surface area contributed by atoms with E-state index < -0.39 is 5.97 Å². The van der Waals surface area contributed by atoms with Gasteiger partial charge in [-0.2, -0.15) is 0 Å². The van der Waals surface area contributed by atoms with Crippen molar-refractivity contribution in [3.05, 3.63) is 70.9 Å². The van der Waals surface area contributed by atoms with Crippen LogP contribution in [0.15, 0.2) is 53.1 Å². The number of ether oxygens (including phenoxy) is 2. The van der Waals surface area contributed by atoms with E-state index in [1.165, 1.54) is 26.2 Å². The van der Waals surface area contributed by atoms with E-state index in [-0.39, 0.29) is 28.6 Å². The number of benzene rings is 2. The van der Waals surface area contributed by atoms with Crippen molar-refractivity contribution in [2.24, 2.45) is 0 Å². The predicted molar refractivity (Wildman–Crippen MR) is 115 cm³/mol. The van der Waals surface area contributed by atoms with Crippen LogP contribution in [0.5, 0.6) is 11.5 Å². The normalized spacial score (nSPS) is 10.8. The monoisotopic (exact) mass is 416 g/mol. The molecule has 0 saturated heterocycles. The molecule has 0 saturated carbocycles. The molecule has 0 aliphatic heterocycles. The molecule has 0 fully saturated rings. The zero-order valence-electron chi connectivity index (χ0n) is 17.6. The first-order valence-electron chi connectivity index (χ1n) is 9.62. The first-order valence-corrected chi connectivity index (χ1v) is 9.62. The molecule has 7 heteroatoms. The Kier molecular flexibility index (Phi) is 5.25. The second kappa shape index (κ2) is 8.02. The second-order valence-corrected chi connectivity index (χ2v) is 7.18. The van der Waals surface area contributed by atoms with Crippen LogP contribution in [0.2, 0.25) is 0 Å². The summed E-state index contributed by atoms with van der Waals surface area (Å²) in [6, 6.07) is 14.1. The number of methoxy groups -OCH3 is 1. The molecule has 2 heterocycles. The maximum absolute atomic E-state index is 13.2. The molecule has 156 valence electrons. The van der Waals surface area contributed by atoms with Crippen molar-refractivity contribution < 1.29 is 23.6 Å². The lowest BCUT2D eigenvalue weighted by molar-refractivity contribution is 0.0731. The molecule has 0 amide bonds. The molecule has 7 nitrogen and oxygen atoms in total. The number of aromatic nitrogens is 2. The zero-order valence-corrected chi connectivity index (χ0v) is 17.6. The van der Waals surface area contributed by atoms with Crippen LogP contribution in [0.1, 0.15) is 38.9 Å². The summed E-state index contributed by atoms with van der Waals surface area (Å²) in [6.45, 7) is 5.18. The number of hydrogen-bond donors (Lipinski definition) is 0. The highest BCUT2D eigenvalue weighted by Gasteiger charge is 2.22. The van der Waals surface area contributed by atoms with Crippen molar-refractivity contribution in [3.8, 4) is 22.8 Å². The number of nitrogens with zero attached hydrogens (tertiary/aromatic N) is 2. The summed E-state index contributed by atoms with van der Waals surface area (Å²) in [5, 5.41) is 4.44. The summed E-state index contributed by atoms with van der Waals surface area (Å²) in [5.41, 5.74) is 4.02. The Morgan fingerprint density at radius 2 is 1.71 bits per heavy atom. The fraction of sp³-hybridized carbons (Fsp3) is 0.167. The largest absolute Gasteiger partial charge is 0.493 e. The van der Waals surface area contributed by atoms with Crippen LogP contribution in [0.4, 0.5) is 0 Å². The van der Waals surface area contributed by atoms with Crippen LogP contribution in [0, 0.1) is 13.8 Å². The summed E-state index contributed by atoms with van der Waals surface area (Å²) >= 11 is 0. The van der Waals surface area contributed by atoms with Crippen LogP contribution in [0.3, 0.4) is 0 Å². The Hall–Kier alpha value is -4.00. The maximum Gasteiger partial charge on any atom is 0.344 e. The van der Waals surface area contributed by atoms with Crippen LogP contribution >= 0.6 is 0 Å². The van der Waals surface area contributed by atoms with Crippen LogP contribution < -0.4 is 9.47 Å². The summed E-state index contributed by atoms with van der Waals surface area (Å²) < 4.78 is 16.3. The molecule has 0 aliphatic carbocycles. The molecule has 0 unspecified atom stereocenters. The van der Waals surface area contributed by atoms with Gasteiger partial charge in [-0.25, -0.2) is 9.78 Å². The first kappa shape index (κ1) is 20.3. The number of hydrogen-bond acceptors (Lipinski definition) is 7. The van der Waals surface area contributed by atoms with Gasteiger partial charge >= 0.3 is 5.97 Å². The maximum atomic E-state index is 13.2. The van der Waals surface area contributed by atoms with Gasteiger partial charge < -0.3 is 14.0 Å². The molecular formula is C24H20N2O5. The first-order chi connectivity index (χ1) is 14.9. The molecule has 0 N–H and O–H groups in total.